The molecule has 0 radical (unpaired) electrons. The van der Waals surface area contributed by atoms with Crippen molar-refractivity contribution in [2.75, 3.05) is 6.61 Å². The first-order valence-corrected chi connectivity index (χ1v) is 12.1. The molecule has 1 heterocycles. The minimum atomic E-state index is -1.06. The maximum atomic E-state index is 12.5. The number of carboxylic acids is 1. The first-order valence-electron chi connectivity index (χ1n) is 12.1. The van der Waals surface area contributed by atoms with Gasteiger partial charge < -0.3 is 24.9 Å². The van der Waals surface area contributed by atoms with Crippen molar-refractivity contribution in [1.29, 1.82) is 0 Å². The van der Waals surface area contributed by atoms with Gasteiger partial charge in [0.05, 0.1) is 11.4 Å². The monoisotopic (exact) mass is 484 g/mol. The van der Waals surface area contributed by atoms with Crippen LogP contribution in [-0.4, -0.2) is 28.2 Å². The third-order valence-electron chi connectivity index (χ3n) is 6.62. The number of para-hydroxylation sites is 1. The van der Waals surface area contributed by atoms with Crippen molar-refractivity contribution in [3.8, 4) is 17.2 Å². The van der Waals surface area contributed by atoms with Crippen LogP contribution < -0.4 is 15.2 Å². The summed E-state index contributed by atoms with van der Waals surface area (Å²) >= 11 is 0. The molecule has 7 nitrogen and oxygen atoms in total. The number of rotatable bonds is 8. The summed E-state index contributed by atoms with van der Waals surface area (Å²) in [7, 11) is 0. The smallest absolute Gasteiger partial charge is 0.341 e. The van der Waals surface area contributed by atoms with E-state index in [1.54, 1.807) is 6.07 Å². The van der Waals surface area contributed by atoms with Crippen molar-refractivity contribution >= 4 is 22.8 Å². The highest BCUT2D eigenvalue weighted by Crippen LogP contribution is 2.42. The molecule has 5 rings (SSSR count). The highest BCUT2D eigenvalue weighted by molar-refractivity contribution is 5.97. The van der Waals surface area contributed by atoms with Crippen LogP contribution >= 0.6 is 0 Å². The third kappa shape index (κ3) is 4.77. The Balaban J connectivity index is 1.60. The highest BCUT2D eigenvalue weighted by atomic mass is 16.5. The Bertz CT molecular complexity index is 1410. The molecule has 1 unspecified atom stereocenters. The molecule has 0 bridgehead atoms. The molecule has 0 spiro atoms. The summed E-state index contributed by atoms with van der Waals surface area (Å²) in [6.07, 6.45) is 3.29. The number of ether oxygens (including phenoxy) is 2. The first kappa shape index (κ1) is 23.5. The Labute approximate surface area is 209 Å². The number of aromatic nitrogens is 1. The Kier molecular flexibility index (Phi) is 6.62. The van der Waals surface area contributed by atoms with Crippen LogP contribution in [0.2, 0.25) is 0 Å². The molecule has 4 aromatic rings. The van der Waals surface area contributed by atoms with Gasteiger partial charge in [-0.25, -0.2) is 4.79 Å². The van der Waals surface area contributed by atoms with Crippen LogP contribution in [0.25, 0.3) is 10.9 Å². The minimum absolute atomic E-state index is 0.372. The number of hydrogen-bond acceptors (Lipinski definition) is 4. The second kappa shape index (κ2) is 10.2. The van der Waals surface area contributed by atoms with Crippen molar-refractivity contribution in [2.24, 2.45) is 5.73 Å². The molecule has 184 valence electrons. The zero-order valence-electron chi connectivity index (χ0n) is 19.9. The summed E-state index contributed by atoms with van der Waals surface area (Å²) in [6, 6.07) is 23.2. The fourth-order valence-corrected chi connectivity index (χ4v) is 5.12. The normalized spacial score (nSPS) is 15.2. The summed E-state index contributed by atoms with van der Waals surface area (Å²) < 4.78 is 13.9. The van der Waals surface area contributed by atoms with E-state index in [2.05, 4.69) is 4.57 Å². The standard InChI is InChI=1S/C29H28N2O5/c30-29(34)22-12-4-5-13-23-27(22)28-24(14-7-15-25(28)35-18-26(32)33)31(23)17-19-8-6-11-21(16-19)36-20-9-2-1-3-10-20/h1-3,6-11,14-16,22H,4-5,12-13,17-18H2,(H2,30,34)(H,32,33). The zero-order valence-corrected chi connectivity index (χ0v) is 19.9. The number of nitrogens with two attached hydrogens (primary N) is 1. The van der Waals surface area contributed by atoms with Gasteiger partial charge in [-0.15, -0.1) is 0 Å². The number of nitrogens with zero attached hydrogens (tertiary/aromatic N) is 1. The molecule has 1 atom stereocenters. The molecule has 1 aliphatic carbocycles. The van der Waals surface area contributed by atoms with Crippen LogP contribution in [0.15, 0.2) is 72.8 Å². The van der Waals surface area contributed by atoms with Gasteiger partial charge in [0, 0.05) is 17.6 Å². The average molecular weight is 485 g/mol. The predicted molar refractivity (Wildman–Crippen MR) is 137 cm³/mol. The van der Waals surface area contributed by atoms with Crippen molar-refractivity contribution in [2.45, 2.75) is 38.1 Å². The van der Waals surface area contributed by atoms with Crippen LogP contribution in [0, 0.1) is 0 Å². The highest BCUT2D eigenvalue weighted by Gasteiger charge is 2.31. The first-order chi connectivity index (χ1) is 17.5. The van der Waals surface area contributed by atoms with Crippen molar-refractivity contribution in [3.63, 3.8) is 0 Å². The second-order valence-electron chi connectivity index (χ2n) is 9.04. The van der Waals surface area contributed by atoms with Gasteiger partial charge in [-0.1, -0.05) is 42.8 Å². The van der Waals surface area contributed by atoms with E-state index in [1.807, 2.05) is 66.7 Å². The molecule has 0 saturated carbocycles. The number of amides is 1. The van der Waals surface area contributed by atoms with Gasteiger partial charge in [0.2, 0.25) is 5.91 Å². The zero-order chi connectivity index (χ0) is 25.1. The maximum Gasteiger partial charge on any atom is 0.341 e. The number of aliphatic carboxylic acids is 1. The number of fused-ring (bicyclic) bond motifs is 3. The lowest BCUT2D eigenvalue weighted by Crippen LogP contribution is -2.21. The van der Waals surface area contributed by atoms with Crippen LogP contribution in [0.1, 0.15) is 42.0 Å². The molecule has 1 amide bonds. The topological polar surface area (TPSA) is 104 Å². The SMILES string of the molecule is NC(=O)C1CCCCc2c1c1c(OCC(=O)O)cccc1n2Cc1cccc(Oc2ccccc2)c1. The number of carboxylic acid groups (broad SMARTS) is 1. The molecule has 1 aromatic heterocycles. The fourth-order valence-electron chi connectivity index (χ4n) is 5.12. The molecule has 1 aliphatic rings. The number of benzene rings is 3. The van der Waals surface area contributed by atoms with Crippen molar-refractivity contribution in [1.82, 2.24) is 4.57 Å². The van der Waals surface area contributed by atoms with Gasteiger partial charge in [-0.05, 0) is 66.8 Å². The molecule has 3 aromatic carbocycles. The molecule has 0 saturated heterocycles. The van der Waals surface area contributed by atoms with E-state index in [0.717, 1.165) is 58.5 Å². The van der Waals surface area contributed by atoms with Gasteiger partial charge in [0.15, 0.2) is 6.61 Å². The molecule has 3 N–H and O–H groups in total. The van der Waals surface area contributed by atoms with Crippen LogP contribution in [-0.2, 0) is 22.6 Å². The van der Waals surface area contributed by atoms with Crippen LogP contribution in [0.5, 0.6) is 17.2 Å². The van der Waals surface area contributed by atoms with Gasteiger partial charge in [0.1, 0.15) is 17.2 Å². The van der Waals surface area contributed by atoms with E-state index in [9.17, 15) is 14.7 Å². The minimum Gasteiger partial charge on any atom is -0.481 e. The maximum absolute atomic E-state index is 12.5. The van der Waals surface area contributed by atoms with Crippen molar-refractivity contribution < 1.29 is 24.2 Å². The Morgan fingerprint density at radius 3 is 2.53 bits per heavy atom. The van der Waals surface area contributed by atoms with E-state index >= 15 is 0 Å². The van der Waals surface area contributed by atoms with E-state index < -0.39 is 18.5 Å². The van der Waals surface area contributed by atoms with Gasteiger partial charge >= 0.3 is 5.97 Å². The van der Waals surface area contributed by atoms with E-state index in [-0.39, 0.29) is 5.91 Å². The quantitative estimate of drug-likeness (QED) is 0.333. The van der Waals surface area contributed by atoms with E-state index in [4.69, 9.17) is 15.2 Å². The van der Waals surface area contributed by atoms with Gasteiger partial charge in [-0.2, -0.15) is 0 Å². The summed E-state index contributed by atoms with van der Waals surface area (Å²) in [4.78, 5) is 23.8. The Morgan fingerprint density at radius 2 is 1.75 bits per heavy atom. The number of hydrogen-bond donors (Lipinski definition) is 2. The van der Waals surface area contributed by atoms with E-state index in [0.29, 0.717) is 18.7 Å². The summed E-state index contributed by atoms with van der Waals surface area (Å²) in [5, 5.41) is 9.96. The lowest BCUT2D eigenvalue weighted by molar-refractivity contribution is -0.139. The number of primary amides is 1. The molecular formula is C29H28N2O5. The summed E-state index contributed by atoms with van der Waals surface area (Å²) in [6.45, 7) is 0.102. The second-order valence-corrected chi connectivity index (χ2v) is 9.04. The van der Waals surface area contributed by atoms with Crippen molar-refractivity contribution in [3.05, 3.63) is 89.6 Å². The van der Waals surface area contributed by atoms with Crippen LogP contribution in [0.4, 0.5) is 0 Å². The number of carbonyl (C=O) groups is 2. The lowest BCUT2D eigenvalue weighted by atomic mass is 9.92. The molecular weight excluding hydrogens is 456 g/mol. The lowest BCUT2D eigenvalue weighted by Gasteiger charge is -2.14. The molecule has 36 heavy (non-hydrogen) atoms. The molecule has 0 aliphatic heterocycles. The fraction of sp³-hybridized carbons (Fsp3) is 0.241. The van der Waals surface area contributed by atoms with Gasteiger partial charge in [-0.3, -0.25) is 4.79 Å². The molecule has 0 fully saturated rings. The van der Waals surface area contributed by atoms with E-state index in [1.165, 1.54) is 0 Å². The Hall–Kier alpha value is -4.26. The Morgan fingerprint density at radius 1 is 0.972 bits per heavy atom. The predicted octanol–water partition coefficient (Wildman–Crippen LogP) is 5.24. The average Bonchev–Trinajstić information content (AvgIpc) is 3.01. The summed E-state index contributed by atoms with van der Waals surface area (Å²) in [5.41, 5.74) is 9.72. The molecule has 7 heteroatoms. The van der Waals surface area contributed by atoms with Gasteiger partial charge in [0.25, 0.3) is 0 Å². The number of carbonyl (C=O) groups excluding carboxylic acids is 1. The largest absolute Gasteiger partial charge is 0.481 e. The third-order valence-corrected chi connectivity index (χ3v) is 6.62. The van der Waals surface area contributed by atoms with Crippen LogP contribution in [0.3, 0.4) is 0 Å². The summed E-state index contributed by atoms with van der Waals surface area (Å²) in [5.74, 6) is 0.0803.